The van der Waals surface area contributed by atoms with Crippen LogP contribution in [0.5, 0.6) is 0 Å². The summed E-state index contributed by atoms with van der Waals surface area (Å²) in [7, 11) is 0. The monoisotopic (exact) mass is 271 g/mol. The molecule has 2 aromatic rings. The maximum Gasteiger partial charge on any atom is 0.231 e. The summed E-state index contributed by atoms with van der Waals surface area (Å²) in [5.41, 5.74) is 8.47. The average molecular weight is 271 g/mol. The lowest BCUT2D eigenvalue weighted by molar-refractivity contribution is 0.326. The van der Waals surface area contributed by atoms with Crippen LogP contribution in [0.15, 0.2) is 28.8 Å². The van der Waals surface area contributed by atoms with Gasteiger partial charge in [0, 0.05) is 11.6 Å². The van der Waals surface area contributed by atoms with E-state index in [2.05, 4.69) is 29.2 Å². The molecule has 4 heteroatoms. The number of nitrogens with two attached hydrogens (primary N) is 1. The summed E-state index contributed by atoms with van der Waals surface area (Å²) >= 11 is 0. The van der Waals surface area contributed by atoms with Crippen molar-refractivity contribution in [3.8, 4) is 11.4 Å². The zero-order valence-electron chi connectivity index (χ0n) is 11.9. The molecule has 2 atom stereocenters. The molecule has 3 rings (SSSR count). The summed E-state index contributed by atoms with van der Waals surface area (Å²) in [4.78, 5) is 4.57. The minimum atomic E-state index is 0.142. The molecule has 1 aliphatic rings. The van der Waals surface area contributed by atoms with Crippen molar-refractivity contribution in [1.29, 1.82) is 0 Å². The van der Waals surface area contributed by atoms with E-state index in [0.29, 0.717) is 11.7 Å². The molecule has 1 aliphatic carbocycles. The molecule has 1 saturated carbocycles. The van der Waals surface area contributed by atoms with Gasteiger partial charge in [0.15, 0.2) is 0 Å². The molecule has 1 aromatic carbocycles. The second-order valence-corrected chi connectivity index (χ2v) is 5.73. The van der Waals surface area contributed by atoms with Gasteiger partial charge in [0.2, 0.25) is 11.7 Å². The number of rotatable bonds is 2. The summed E-state index contributed by atoms with van der Waals surface area (Å²) in [6.07, 6.45) is 5.75. The van der Waals surface area contributed by atoms with Crippen molar-refractivity contribution in [3.05, 3.63) is 35.7 Å². The maximum atomic E-state index is 6.25. The van der Waals surface area contributed by atoms with E-state index in [1.54, 1.807) is 0 Å². The molecule has 1 aromatic heterocycles. The quantitative estimate of drug-likeness (QED) is 0.850. The predicted octanol–water partition coefficient (Wildman–Crippen LogP) is 3.42. The number of aryl methyl sites for hydroxylation is 1. The molecular weight excluding hydrogens is 250 g/mol. The van der Waals surface area contributed by atoms with Crippen molar-refractivity contribution in [2.75, 3.05) is 0 Å². The molecule has 106 valence electrons. The molecule has 0 radical (unpaired) electrons. The van der Waals surface area contributed by atoms with Crippen LogP contribution in [0.25, 0.3) is 11.4 Å². The van der Waals surface area contributed by atoms with Crippen molar-refractivity contribution in [3.63, 3.8) is 0 Å². The molecule has 0 bridgehead atoms. The zero-order valence-corrected chi connectivity index (χ0v) is 11.9. The van der Waals surface area contributed by atoms with Gasteiger partial charge >= 0.3 is 0 Å². The van der Waals surface area contributed by atoms with Gasteiger partial charge in [-0.1, -0.05) is 54.2 Å². The summed E-state index contributed by atoms with van der Waals surface area (Å²) < 4.78 is 5.47. The maximum absolute atomic E-state index is 6.25. The Morgan fingerprint density at radius 1 is 1.10 bits per heavy atom. The molecule has 1 fully saturated rings. The summed E-state index contributed by atoms with van der Waals surface area (Å²) in [6.45, 7) is 2.07. The summed E-state index contributed by atoms with van der Waals surface area (Å²) in [5.74, 6) is 1.58. The molecule has 2 unspecified atom stereocenters. The minimum Gasteiger partial charge on any atom is -0.339 e. The van der Waals surface area contributed by atoms with Gasteiger partial charge in [-0.3, -0.25) is 0 Å². The van der Waals surface area contributed by atoms with Crippen LogP contribution in [-0.4, -0.2) is 16.2 Å². The van der Waals surface area contributed by atoms with Crippen molar-refractivity contribution in [1.82, 2.24) is 10.1 Å². The standard InChI is InChI=1S/C16H21N3O/c1-11-7-9-12(10-8-11)15-18-16(20-19-15)13-5-3-2-4-6-14(13)17/h7-10,13-14H,2-6,17H2,1H3. The molecular formula is C16H21N3O. The molecule has 0 saturated heterocycles. The third kappa shape index (κ3) is 2.75. The van der Waals surface area contributed by atoms with E-state index in [0.717, 1.165) is 18.4 Å². The Bertz CT molecular complexity index is 561. The highest BCUT2D eigenvalue weighted by atomic mass is 16.5. The Kier molecular flexibility index (Phi) is 3.83. The first-order chi connectivity index (χ1) is 9.74. The zero-order chi connectivity index (χ0) is 13.9. The molecule has 0 amide bonds. The highest BCUT2D eigenvalue weighted by molar-refractivity contribution is 5.54. The van der Waals surface area contributed by atoms with Crippen molar-refractivity contribution in [2.45, 2.75) is 51.0 Å². The van der Waals surface area contributed by atoms with Gasteiger partial charge in [0.1, 0.15) is 0 Å². The molecule has 2 N–H and O–H groups in total. The van der Waals surface area contributed by atoms with Crippen molar-refractivity contribution < 1.29 is 4.52 Å². The predicted molar refractivity (Wildman–Crippen MR) is 78.3 cm³/mol. The van der Waals surface area contributed by atoms with Crippen LogP contribution < -0.4 is 5.73 Å². The van der Waals surface area contributed by atoms with Gasteiger partial charge in [-0.05, 0) is 19.8 Å². The number of benzene rings is 1. The first-order valence-electron chi connectivity index (χ1n) is 7.40. The van der Waals surface area contributed by atoms with Crippen LogP contribution in [0.2, 0.25) is 0 Å². The van der Waals surface area contributed by atoms with E-state index in [4.69, 9.17) is 10.3 Å². The largest absolute Gasteiger partial charge is 0.339 e. The van der Waals surface area contributed by atoms with Crippen LogP contribution in [-0.2, 0) is 0 Å². The highest BCUT2D eigenvalue weighted by Crippen LogP contribution is 2.31. The normalized spacial score (nSPS) is 23.5. The number of nitrogens with zero attached hydrogens (tertiary/aromatic N) is 2. The molecule has 0 spiro atoms. The van der Waals surface area contributed by atoms with Gasteiger partial charge < -0.3 is 10.3 Å². The Balaban J connectivity index is 1.83. The van der Waals surface area contributed by atoms with Crippen LogP contribution in [0, 0.1) is 6.92 Å². The van der Waals surface area contributed by atoms with E-state index in [9.17, 15) is 0 Å². The first kappa shape index (κ1) is 13.3. The molecule has 4 nitrogen and oxygen atoms in total. The topological polar surface area (TPSA) is 64.9 Å². The van der Waals surface area contributed by atoms with Crippen LogP contribution in [0.3, 0.4) is 0 Å². The fourth-order valence-corrected chi connectivity index (χ4v) is 2.85. The fourth-order valence-electron chi connectivity index (χ4n) is 2.85. The second-order valence-electron chi connectivity index (χ2n) is 5.73. The fraction of sp³-hybridized carbons (Fsp3) is 0.500. The Hall–Kier alpha value is -1.68. The lowest BCUT2D eigenvalue weighted by atomic mass is 9.95. The van der Waals surface area contributed by atoms with E-state index in [-0.39, 0.29) is 12.0 Å². The summed E-state index contributed by atoms with van der Waals surface area (Å²) in [6, 6.07) is 8.31. The third-order valence-electron chi connectivity index (χ3n) is 4.14. The number of aromatic nitrogens is 2. The Morgan fingerprint density at radius 2 is 1.85 bits per heavy atom. The van der Waals surface area contributed by atoms with Crippen LogP contribution in [0.4, 0.5) is 0 Å². The van der Waals surface area contributed by atoms with Gasteiger partial charge in [-0.2, -0.15) is 4.98 Å². The lowest BCUT2D eigenvalue weighted by Gasteiger charge is -2.16. The second kappa shape index (κ2) is 5.75. The van der Waals surface area contributed by atoms with Gasteiger partial charge in [-0.25, -0.2) is 0 Å². The molecule has 0 aliphatic heterocycles. The van der Waals surface area contributed by atoms with Gasteiger partial charge in [0.05, 0.1) is 5.92 Å². The van der Waals surface area contributed by atoms with E-state index in [1.807, 2.05) is 12.1 Å². The first-order valence-corrected chi connectivity index (χ1v) is 7.40. The van der Waals surface area contributed by atoms with E-state index >= 15 is 0 Å². The SMILES string of the molecule is Cc1ccc(-c2noc(C3CCCCCC3N)n2)cc1. The molecule has 20 heavy (non-hydrogen) atoms. The van der Waals surface area contributed by atoms with Crippen LogP contribution in [0.1, 0.15) is 49.5 Å². The van der Waals surface area contributed by atoms with Crippen molar-refractivity contribution in [2.24, 2.45) is 5.73 Å². The van der Waals surface area contributed by atoms with Gasteiger partial charge in [0.25, 0.3) is 0 Å². The number of hydrogen-bond acceptors (Lipinski definition) is 4. The van der Waals surface area contributed by atoms with Crippen LogP contribution >= 0.6 is 0 Å². The number of hydrogen-bond donors (Lipinski definition) is 1. The molecule has 1 heterocycles. The van der Waals surface area contributed by atoms with Gasteiger partial charge in [-0.15, -0.1) is 0 Å². The lowest BCUT2D eigenvalue weighted by Crippen LogP contribution is -2.27. The summed E-state index contributed by atoms with van der Waals surface area (Å²) in [5, 5.41) is 4.11. The van der Waals surface area contributed by atoms with E-state index in [1.165, 1.54) is 24.8 Å². The minimum absolute atomic E-state index is 0.142. The van der Waals surface area contributed by atoms with Crippen molar-refractivity contribution >= 4 is 0 Å². The smallest absolute Gasteiger partial charge is 0.231 e. The Labute approximate surface area is 119 Å². The third-order valence-corrected chi connectivity index (χ3v) is 4.14. The highest BCUT2D eigenvalue weighted by Gasteiger charge is 2.27. The Morgan fingerprint density at radius 3 is 2.65 bits per heavy atom. The average Bonchev–Trinajstić information content (AvgIpc) is 2.83. The van der Waals surface area contributed by atoms with E-state index < -0.39 is 0 Å².